The highest BCUT2D eigenvalue weighted by atomic mass is 35.5. The first kappa shape index (κ1) is 16.2. The summed E-state index contributed by atoms with van der Waals surface area (Å²) in [6.45, 7) is 0.408. The van der Waals surface area contributed by atoms with E-state index in [0.717, 1.165) is 5.39 Å². The number of phenolic OH excluding ortho intramolecular Hbond substituents is 1. The van der Waals surface area contributed by atoms with Crippen LogP contribution in [0, 0.1) is 0 Å². The molecule has 6 heteroatoms. The third-order valence-corrected chi connectivity index (χ3v) is 3.65. The van der Waals surface area contributed by atoms with E-state index in [9.17, 15) is 9.90 Å². The van der Waals surface area contributed by atoms with Crippen LogP contribution in [0.25, 0.3) is 11.0 Å². The second-order valence-electron chi connectivity index (χ2n) is 5.14. The van der Waals surface area contributed by atoms with E-state index in [0.29, 0.717) is 21.9 Å². The van der Waals surface area contributed by atoms with Gasteiger partial charge in [0, 0.05) is 22.0 Å². The molecule has 0 spiro atoms. The molecule has 1 N–H and O–H groups in total. The van der Waals surface area contributed by atoms with Gasteiger partial charge in [-0.05, 0) is 36.4 Å². The van der Waals surface area contributed by atoms with E-state index < -0.39 is 0 Å². The Kier molecular flexibility index (Phi) is 4.91. The minimum Gasteiger partial charge on any atom is -0.508 e. The van der Waals surface area contributed by atoms with Crippen LogP contribution >= 0.6 is 11.6 Å². The molecule has 3 aromatic rings. The molecule has 0 bridgehead atoms. The van der Waals surface area contributed by atoms with Crippen LogP contribution in [0.5, 0.6) is 11.5 Å². The van der Waals surface area contributed by atoms with Crippen molar-refractivity contribution in [2.24, 2.45) is 0 Å². The maximum absolute atomic E-state index is 11.9. The standard InChI is InChI=1S/C18H15ClO5/c19-13-1-4-15(5-2-13)22-7-8-23-18(21)9-12-11-24-17-10-14(20)3-6-16(12)17/h1-6,10-11,20H,7-9H2. The smallest absolute Gasteiger partial charge is 0.310 e. The van der Waals surface area contributed by atoms with Gasteiger partial charge in [0.1, 0.15) is 30.3 Å². The summed E-state index contributed by atoms with van der Waals surface area (Å²) in [5, 5.41) is 10.8. The fraction of sp³-hybridized carbons (Fsp3) is 0.167. The van der Waals surface area contributed by atoms with Gasteiger partial charge in [0.2, 0.25) is 0 Å². The van der Waals surface area contributed by atoms with Crippen molar-refractivity contribution < 1.29 is 23.8 Å². The molecule has 0 aliphatic rings. The second-order valence-corrected chi connectivity index (χ2v) is 5.58. The zero-order chi connectivity index (χ0) is 16.9. The molecule has 0 aliphatic heterocycles. The topological polar surface area (TPSA) is 68.9 Å². The Labute approximate surface area is 143 Å². The van der Waals surface area contributed by atoms with Gasteiger partial charge in [-0.1, -0.05) is 11.6 Å². The quantitative estimate of drug-likeness (QED) is 0.540. The molecule has 0 atom stereocenters. The zero-order valence-corrected chi connectivity index (χ0v) is 13.5. The Morgan fingerprint density at radius 1 is 1.12 bits per heavy atom. The van der Waals surface area contributed by atoms with Crippen molar-refractivity contribution in [1.82, 2.24) is 0 Å². The van der Waals surface area contributed by atoms with Crippen LogP contribution in [0.4, 0.5) is 0 Å². The number of phenols is 1. The number of carbonyl (C=O) groups excluding carboxylic acids is 1. The van der Waals surface area contributed by atoms with E-state index in [4.69, 9.17) is 25.5 Å². The Bertz CT molecular complexity index is 838. The van der Waals surface area contributed by atoms with E-state index in [1.165, 1.54) is 12.3 Å². The molecular formula is C18H15ClO5. The van der Waals surface area contributed by atoms with Crippen LogP contribution in [-0.2, 0) is 16.0 Å². The summed E-state index contributed by atoms with van der Waals surface area (Å²) in [6.07, 6.45) is 1.59. The van der Waals surface area contributed by atoms with Gasteiger partial charge in [-0.3, -0.25) is 4.79 Å². The molecular weight excluding hydrogens is 332 g/mol. The van der Waals surface area contributed by atoms with Crippen LogP contribution in [0.15, 0.2) is 53.1 Å². The van der Waals surface area contributed by atoms with Gasteiger partial charge in [0.05, 0.1) is 12.7 Å². The van der Waals surface area contributed by atoms with E-state index >= 15 is 0 Å². The lowest BCUT2D eigenvalue weighted by molar-refractivity contribution is -0.143. The van der Waals surface area contributed by atoms with Gasteiger partial charge >= 0.3 is 5.97 Å². The van der Waals surface area contributed by atoms with Gasteiger partial charge in [0.15, 0.2) is 0 Å². The first-order valence-electron chi connectivity index (χ1n) is 7.35. The van der Waals surface area contributed by atoms with Gasteiger partial charge < -0.3 is 19.0 Å². The number of rotatable bonds is 6. The number of benzene rings is 2. The molecule has 0 saturated heterocycles. The van der Waals surface area contributed by atoms with Crippen molar-refractivity contribution in [1.29, 1.82) is 0 Å². The van der Waals surface area contributed by atoms with Gasteiger partial charge in [-0.25, -0.2) is 0 Å². The van der Waals surface area contributed by atoms with E-state index in [1.54, 1.807) is 36.4 Å². The third-order valence-electron chi connectivity index (χ3n) is 3.40. The highest BCUT2D eigenvalue weighted by Crippen LogP contribution is 2.25. The summed E-state index contributed by atoms with van der Waals surface area (Å²) in [5.41, 5.74) is 1.25. The number of furan rings is 1. The number of carbonyl (C=O) groups is 1. The van der Waals surface area contributed by atoms with Gasteiger partial charge in [-0.15, -0.1) is 0 Å². The molecule has 24 heavy (non-hydrogen) atoms. The number of aromatic hydroxyl groups is 1. The summed E-state index contributed by atoms with van der Waals surface area (Å²) < 4.78 is 15.9. The predicted molar refractivity (Wildman–Crippen MR) is 89.5 cm³/mol. The minimum absolute atomic E-state index is 0.0960. The molecule has 0 fully saturated rings. The Balaban J connectivity index is 1.47. The van der Waals surface area contributed by atoms with Crippen molar-refractivity contribution in [3.63, 3.8) is 0 Å². The Morgan fingerprint density at radius 2 is 1.92 bits per heavy atom. The summed E-state index contributed by atoms with van der Waals surface area (Å²) in [4.78, 5) is 11.9. The van der Waals surface area contributed by atoms with Gasteiger partial charge in [-0.2, -0.15) is 0 Å². The SMILES string of the molecule is O=C(Cc1coc2cc(O)ccc12)OCCOc1ccc(Cl)cc1. The third kappa shape index (κ3) is 4.00. The van der Waals surface area contributed by atoms with Crippen molar-refractivity contribution in [3.8, 4) is 11.5 Å². The number of hydrogen-bond donors (Lipinski definition) is 1. The van der Waals surface area contributed by atoms with Gasteiger partial charge in [0.25, 0.3) is 0 Å². The number of ether oxygens (including phenoxy) is 2. The molecule has 0 saturated carbocycles. The number of esters is 1. The number of fused-ring (bicyclic) bond motifs is 1. The summed E-state index contributed by atoms with van der Waals surface area (Å²) in [6, 6.07) is 11.7. The van der Waals surface area contributed by atoms with Crippen LogP contribution in [-0.4, -0.2) is 24.3 Å². The maximum atomic E-state index is 11.9. The van der Waals surface area contributed by atoms with E-state index in [1.807, 2.05) is 0 Å². The second kappa shape index (κ2) is 7.27. The fourth-order valence-electron chi connectivity index (χ4n) is 2.26. The lowest BCUT2D eigenvalue weighted by Crippen LogP contribution is -2.13. The first-order chi connectivity index (χ1) is 11.6. The number of hydrogen-bond acceptors (Lipinski definition) is 5. The molecule has 3 rings (SSSR count). The zero-order valence-electron chi connectivity index (χ0n) is 12.7. The minimum atomic E-state index is -0.370. The lowest BCUT2D eigenvalue weighted by atomic mass is 10.1. The summed E-state index contributed by atoms with van der Waals surface area (Å²) in [5.74, 6) is 0.409. The summed E-state index contributed by atoms with van der Waals surface area (Å²) in [7, 11) is 0. The van der Waals surface area contributed by atoms with Crippen LogP contribution in [0.1, 0.15) is 5.56 Å². The average Bonchev–Trinajstić information content (AvgIpc) is 2.95. The van der Waals surface area contributed by atoms with Crippen LogP contribution in [0.3, 0.4) is 0 Å². The summed E-state index contributed by atoms with van der Waals surface area (Å²) >= 11 is 5.79. The van der Waals surface area contributed by atoms with Crippen molar-refractivity contribution in [3.05, 3.63) is 59.3 Å². The maximum Gasteiger partial charge on any atom is 0.310 e. The molecule has 0 aliphatic carbocycles. The van der Waals surface area contributed by atoms with Crippen LogP contribution < -0.4 is 4.74 Å². The van der Waals surface area contributed by atoms with E-state index in [-0.39, 0.29) is 31.4 Å². The molecule has 5 nitrogen and oxygen atoms in total. The molecule has 0 unspecified atom stereocenters. The molecule has 2 aromatic carbocycles. The Morgan fingerprint density at radius 3 is 2.71 bits per heavy atom. The van der Waals surface area contributed by atoms with Crippen molar-refractivity contribution in [2.75, 3.05) is 13.2 Å². The molecule has 124 valence electrons. The largest absolute Gasteiger partial charge is 0.508 e. The predicted octanol–water partition coefficient (Wildman–Crippen LogP) is 3.96. The molecule has 1 heterocycles. The van der Waals surface area contributed by atoms with Crippen LogP contribution in [0.2, 0.25) is 5.02 Å². The first-order valence-corrected chi connectivity index (χ1v) is 7.73. The monoisotopic (exact) mass is 346 g/mol. The molecule has 0 amide bonds. The van der Waals surface area contributed by atoms with E-state index in [2.05, 4.69) is 0 Å². The number of halogens is 1. The average molecular weight is 347 g/mol. The highest BCUT2D eigenvalue weighted by Gasteiger charge is 2.12. The van der Waals surface area contributed by atoms with Crippen molar-refractivity contribution in [2.45, 2.75) is 6.42 Å². The highest BCUT2D eigenvalue weighted by molar-refractivity contribution is 6.30. The fourth-order valence-corrected chi connectivity index (χ4v) is 2.39. The normalized spacial score (nSPS) is 10.7. The van der Waals surface area contributed by atoms with Crippen molar-refractivity contribution >= 4 is 28.5 Å². The molecule has 1 aromatic heterocycles. The Hall–Kier alpha value is -2.66. The molecule has 0 radical (unpaired) electrons. The lowest BCUT2D eigenvalue weighted by Gasteiger charge is -2.07.